The van der Waals surface area contributed by atoms with Crippen LogP contribution in [0.25, 0.3) is 0 Å². The molecular weight excluding hydrogens is 261 g/mol. The zero-order valence-corrected chi connectivity index (χ0v) is 10.3. The van der Waals surface area contributed by atoms with Gasteiger partial charge in [-0.2, -0.15) is 13.2 Å². The highest BCUT2D eigenvalue weighted by atomic mass is 19.4. The molecule has 0 saturated carbocycles. The molecule has 2 N–H and O–H groups in total. The van der Waals surface area contributed by atoms with E-state index in [-0.39, 0.29) is 12.3 Å². The molecule has 1 aliphatic carbocycles. The molecule has 0 aliphatic heterocycles. The summed E-state index contributed by atoms with van der Waals surface area (Å²) in [5.74, 6) is -2.92. The Hall–Kier alpha value is -1.79. The van der Waals surface area contributed by atoms with Crippen LogP contribution < -0.4 is 10.6 Å². The number of likely N-dealkylation sites (N-methyl/N-ethyl adjacent to an activating group) is 1. The Morgan fingerprint density at radius 1 is 1.32 bits per heavy atom. The Balaban J connectivity index is 2.69. The van der Waals surface area contributed by atoms with Crippen LogP contribution in [-0.2, 0) is 9.59 Å². The molecule has 2 amide bonds. The third-order valence-electron chi connectivity index (χ3n) is 2.67. The van der Waals surface area contributed by atoms with Gasteiger partial charge in [-0.1, -0.05) is 24.3 Å². The van der Waals surface area contributed by atoms with Crippen molar-refractivity contribution in [3.63, 3.8) is 0 Å². The summed E-state index contributed by atoms with van der Waals surface area (Å²) in [5, 5.41) is 3.95. The topological polar surface area (TPSA) is 58.2 Å². The van der Waals surface area contributed by atoms with Crippen LogP contribution in [0.2, 0.25) is 0 Å². The van der Waals surface area contributed by atoms with Crippen molar-refractivity contribution in [1.29, 1.82) is 0 Å². The largest absolute Gasteiger partial charge is 0.471 e. The number of amides is 2. The second kappa shape index (κ2) is 6.40. The Morgan fingerprint density at radius 2 is 1.89 bits per heavy atom. The molecule has 4 nitrogen and oxygen atoms in total. The highest BCUT2D eigenvalue weighted by molar-refractivity contribution is 5.89. The number of hydrogen-bond donors (Lipinski definition) is 2. The van der Waals surface area contributed by atoms with Crippen molar-refractivity contribution in [2.24, 2.45) is 5.92 Å². The molecule has 0 bridgehead atoms. The normalized spacial score (nSPS) is 17.1. The molecule has 1 rings (SSSR count). The Morgan fingerprint density at radius 3 is 2.37 bits per heavy atom. The van der Waals surface area contributed by atoms with Crippen molar-refractivity contribution in [1.82, 2.24) is 10.6 Å². The van der Waals surface area contributed by atoms with E-state index >= 15 is 0 Å². The fourth-order valence-corrected chi connectivity index (χ4v) is 1.72. The first-order valence-electron chi connectivity index (χ1n) is 5.77. The molecule has 0 aromatic rings. The van der Waals surface area contributed by atoms with E-state index in [0.717, 1.165) is 6.42 Å². The van der Waals surface area contributed by atoms with Crippen molar-refractivity contribution < 1.29 is 22.8 Å². The first-order chi connectivity index (χ1) is 8.84. The van der Waals surface area contributed by atoms with E-state index in [0.29, 0.717) is 0 Å². The van der Waals surface area contributed by atoms with Gasteiger partial charge in [-0.15, -0.1) is 0 Å². The lowest BCUT2D eigenvalue weighted by molar-refractivity contribution is -0.174. The zero-order valence-electron chi connectivity index (χ0n) is 10.3. The van der Waals surface area contributed by atoms with Crippen molar-refractivity contribution in [2.75, 3.05) is 7.05 Å². The van der Waals surface area contributed by atoms with Crippen LogP contribution in [-0.4, -0.2) is 31.1 Å². The molecular formula is C12H15F3N2O2. The number of alkyl halides is 3. The summed E-state index contributed by atoms with van der Waals surface area (Å²) in [5.41, 5.74) is 0. The predicted octanol–water partition coefficient (Wildman–Crippen LogP) is 1.30. The number of halogens is 3. The van der Waals surface area contributed by atoms with Gasteiger partial charge < -0.3 is 10.6 Å². The minimum absolute atomic E-state index is 0.0918. The minimum Gasteiger partial charge on any atom is -0.357 e. The van der Waals surface area contributed by atoms with Crippen LogP contribution in [0.5, 0.6) is 0 Å². The third-order valence-corrected chi connectivity index (χ3v) is 2.67. The summed E-state index contributed by atoms with van der Waals surface area (Å²) in [7, 11) is 1.31. The van der Waals surface area contributed by atoms with E-state index in [2.05, 4.69) is 5.32 Å². The summed E-state index contributed by atoms with van der Waals surface area (Å²) in [6, 6.07) is -1.21. The van der Waals surface area contributed by atoms with Crippen LogP contribution in [0.15, 0.2) is 24.3 Å². The second-order valence-electron chi connectivity index (χ2n) is 4.13. The molecule has 0 aromatic carbocycles. The standard InChI is InChI=1S/C12H15F3N2O2/c1-16-10(18)9(17-11(19)12(13,14)15)7-8-5-3-2-4-6-8/h3-6,8-9H,2,7H2,1H3,(H,16,18)(H,17,19). The third kappa shape index (κ3) is 4.76. The number of rotatable bonds is 4. The first kappa shape index (κ1) is 15.3. The molecule has 0 saturated heterocycles. The summed E-state index contributed by atoms with van der Waals surface area (Å²) >= 11 is 0. The fraction of sp³-hybridized carbons (Fsp3) is 0.500. The van der Waals surface area contributed by atoms with E-state index in [1.165, 1.54) is 7.05 Å². The van der Waals surface area contributed by atoms with Gasteiger partial charge in [0.25, 0.3) is 0 Å². The number of carbonyl (C=O) groups excluding carboxylic acids is 2. The molecule has 106 valence electrons. The number of carbonyl (C=O) groups is 2. The zero-order chi connectivity index (χ0) is 14.5. The highest BCUT2D eigenvalue weighted by Gasteiger charge is 2.40. The van der Waals surface area contributed by atoms with Crippen molar-refractivity contribution in [3.05, 3.63) is 24.3 Å². The van der Waals surface area contributed by atoms with Gasteiger partial charge in [0, 0.05) is 7.05 Å². The Bertz CT molecular complexity index is 390. The van der Waals surface area contributed by atoms with Crippen LogP contribution in [0.3, 0.4) is 0 Å². The quantitative estimate of drug-likeness (QED) is 0.760. The van der Waals surface area contributed by atoms with Gasteiger partial charge in [-0.3, -0.25) is 9.59 Å². The number of allylic oxidation sites excluding steroid dienone is 4. The van der Waals surface area contributed by atoms with E-state index < -0.39 is 24.0 Å². The molecule has 1 unspecified atom stereocenters. The van der Waals surface area contributed by atoms with Crippen LogP contribution in [0.1, 0.15) is 12.8 Å². The monoisotopic (exact) mass is 276 g/mol. The van der Waals surface area contributed by atoms with Gasteiger partial charge in [0.2, 0.25) is 5.91 Å². The van der Waals surface area contributed by atoms with E-state index in [4.69, 9.17) is 0 Å². The molecule has 1 atom stereocenters. The summed E-state index contributed by atoms with van der Waals surface area (Å²) < 4.78 is 36.6. The van der Waals surface area contributed by atoms with Gasteiger partial charge in [-0.05, 0) is 18.8 Å². The molecule has 19 heavy (non-hydrogen) atoms. The average Bonchev–Trinajstić information content (AvgIpc) is 2.37. The van der Waals surface area contributed by atoms with Gasteiger partial charge in [0.05, 0.1) is 0 Å². The van der Waals surface area contributed by atoms with Gasteiger partial charge in [0.1, 0.15) is 6.04 Å². The lowest BCUT2D eigenvalue weighted by Crippen LogP contribution is -2.50. The van der Waals surface area contributed by atoms with Crippen molar-refractivity contribution in [2.45, 2.75) is 25.1 Å². The lowest BCUT2D eigenvalue weighted by Gasteiger charge is -2.21. The first-order valence-corrected chi connectivity index (χ1v) is 5.77. The molecule has 7 heteroatoms. The maximum absolute atomic E-state index is 12.2. The molecule has 0 spiro atoms. The number of nitrogens with one attached hydrogen (secondary N) is 2. The van der Waals surface area contributed by atoms with E-state index in [1.54, 1.807) is 17.5 Å². The Kier molecular flexibility index (Phi) is 5.14. The minimum atomic E-state index is -5.00. The van der Waals surface area contributed by atoms with Crippen LogP contribution in [0, 0.1) is 5.92 Å². The summed E-state index contributed by atoms with van der Waals surface area (Å²) in [4.78, 5) is 22.4. The lowest BCUT2D eigenvalue weighted by atomic mass is 9.95. The number of hydrogen-bond acceptors (Lipinski definition) is 2. The van der Waals surface area contributed by atoms with Gasteiger partial charge in [0.15, 0.2) is 0 Å². The van der Waals surface area contributed by atoms with E-state index in [1.807, 2.05) is 12.2 Å². The van der Waals surface area contributed by atoms with Crippen molar-refractivity contribution >= 4 is 11.8 Å². The molecule has 1 aliphatic rings. The summed E-state index contributed by atoms with van der Waals surface area (Å²) in [6.45, 7) is 0. The van der Waals surface area contributed by atoms with Gasteiger partial charge in [-0.25, -0.2) is 0 Å². The summed E-state index contributed by atoms with van der Waals surface area (Å²) in [6.07, 6.45) is 3.18. The Labute approximate surface area is 108 Å². The molecule has 0 heterocycles. The molecule has 0 radical (unpaired) electrons. The van der Waals surface area contributed by atoms with Crippen molar-refractivity contribution in [3.8, 4) is 0 Å². The van der Waals surface area contributed by atoms with E-state index in [9.17, 15) is 22.8 Å². The van der Waals surface area contributed by atoms with Crippen LogP contribution in [0.4, 0.5) is 13.2 Å². The molecule has 0 aromatic heterocycles. The predicted molar refractivity (Wildman–Crippen MR) is 63.1 cm³/mol. The van der Waals surface area contributed by atoms with Gasteiger partial charge >= 0.3 is 12.1 Å². The van der Waals surface area contributed by atoms with Crippen LogP contribution >= 0.6 is 0 Å². The SMILES string of the molecule is CNC(=O)C(CC1C=CCC=C1)NC(=O)C(F)(F)F. The average molecular weight is 276 g/mol. The maximum Gasteiger partial charge on any atom is 0.471 e. The smallest absolute Gasteiger partial charge is 0.357 e. The molecule has 0 fully saturated rings. The second-order valence-corrected chi connectivity index (χ2v) is 4.13. The highest BCUT2D eigenvalue weighted by Crippen LogP contribution is 2.18. The fourth-order valence-electron chi connectivity index (χ4n) is 1.72. The maximum atomic E-state index is 12.2.